The zero-order valence-electron chi connectivity index (χ0n) is 16.1. The lowest BCUT2D eigenvalue weighted by atomic mass is 9.99. The van der Waals surface area contributed by atoms with Crippen molar-refractivity contribution in [1.29, 1.82) is 0 Å². The number of thiophene rings is 1. The first-order chi connectivity index (χ1) is 13.9. The number of aliphatic hydroxyl groups is 1. The van der Waals surface area contributed by atoms with E-state index in [9.17, 15) is 9.90 Å². The molecule has 1 aromatic carbocycles. The summed E-state index contributed by atoms with van der Waals surface area (Å²) >= 11 is 7.55. The molecule has 9 heteroatoms. The van der Waals surface area contributed by atoms with E-state index in [0.29, 0.717) is 16.7 Å². The van der Waals surface area contributed by atoms with Crippen LogP contribution in [-0.2, 0) is 16.1 Å². The first-order valence-corrected chi connectivity index (χ1v) is 10.2. The summed E-state index contributed by atoms with van der Waals surface area (Å²) in [5.41, 5.74) is 3.44. The fourth-order valence-electron chi connectivity index (χ4n) is 3.46. The Kier molecular flexibility index (Phi) is 5.24. The number of nitrogens with zero attached hydrogens (tertiary/aromatic N) is 4. The lowest BCUT2D eigenvalue weighted by molar-refractivity contribution is -0.141. The van der Waals surface area contributed by atoms with Gasteiger partial charge in [-0.05, 0) is 31.5 Å². The van der Waals surface area contributed by atoms with Crippen LogP contribution >= 0.6 is 22.9 Å². The van der Waals surface area contributed by atoms with Gasteiger partial charge in [-0.1, -0.05) is 23.7 Å². The molecule has 3 aromatic rings. The number of carbonyl (C=O) groups is 1. The quantitative estimate of drug-likeness (QED) is 0.639. The van der Waals surface area contributed by atoms with Gasteiger partial charge in [-0.15, -0.1) is 21.5 Å². The van der Waals surface area contributed by atoms with E-state index in [0.717, 1.165) is 32.3 Å². The fourth-order valence-corrected chi connectivity index (χ4v) is 4.81. The number of rotatable bonds is 4. The number of benzene rings is 1. The number of esters is 1. The molecule has 1 aliphatic rings. The molecule has 1 unspecified atom stereocenters. The number of fused-ring (bicyclic) bond motifs is 3. The molecular formula is C20H19ClN4O3S. The van der Waals surface area contributed by atoms with Crippen LogP contribution in [0.1, 0.15) is 45.7 Å². The Morgan fingerprint density at radius 2 is 2.00 bits per heavy atom. The summed E-state index contributed by atoms with van der Waals surface area (Å²) in [6.45, 7) is 3.75. The summed E-state index contributed by atoms with van der Waals surface area (Å²) in [6, 6.07) is 6.86. The first kappa shape index (κ1) is 19.8. The van der Waals surface area contributed by atoms with Crippen molar-refractivity contribution in [3.05, 3.63) is 62.5 Å². The maximum absolute atomic E-state index is 12.1. The van der Waals surface area contributed by atoms with Crippen molar-refractivity contribution in [3.8, 4) is 5.00 Å². The number of hydrogen-bond acceptors (Lipinski definition) is 7. The second-order valence-electron chi connectivity index (χ2n) is 6.71. The zero-order valence-corrected chi connectivity index (χ0v) is 17.7. The monoisotopic (exact) mass is 430 g/mol. The average molecular weight is 431 g/mol. The molecule has 0 amide bonds. The molecule has 150 valence electrons. The van der Waals surface area contributed by atoms with E-state index in [1.807, 2.05) is 30.5 Å². The molecule has 0 bridgehead atoms. The van der Waals surface area contributed by atoms with Gasteiger partial charge in [0.05, 0.1) is 25.8 Å². The Balaban J connectivity index is 2.01. The molecule has 0 saturated heterocycles. The van der Waals surface area contributed by atoms with Crippen LogP contribution in [0.5, 0.6) is 0 Å². The molecule has 0 saturated carbocycles. The van der Waals surface area contributed by atoms with Gasteiger partial charge >= 0.3 is 5.97 Å². The van der Waals surface area contributed by atoms with Gasteiger partial charge in [0.2, 0.25) is 0 Å². The molecule has 1 N–H and O–H groups in total. The smallest absolute Gasteiger partial charge is 0.308 e. The molecule has 1 atom stereocenters. The van der Waals surface area contributed by atoms with E-state index in [1.165, 1.54) is 18.4 Å². The Morgan fingerprint density at radius 1 is 1.28 bits per heavy atom. The second kappa shape index (κ2) is 7.70. The SMILES string of the molecule is COC(=O)CC1N=C(c2ccc(Cl)cc2)c2c(sc(CO)c2C)-n2c(C)nnc21. The van der Waals surface area contributed by atoms with Gasteiger partial charge in [0.25, 0.3) is 0 Å². The van der Waals surface area contributed by atoms with E-state index in [-0.39, 0.29) is 19.0 Å². The first-order valence-electron chi connectivity index (χ1n) is 9.01. The molecule has 2 aromatic heterocycles. The Bertz CT molecular complexity index is 1120. The van der Waals surface area contributed by atoms with E-state index in [4.69, 9.17) is 21.3 Å². The van der Waals surface area contributed by atoms with Crippen molar-refractivity contribution >= 4 is 34.6 Å². The average Bonchev–Trinajstić information content (AvgIpc) is 3.21. The maximum atomic E-state index is 12.1. The third kappa shape index (κ3) is 3.37. The van der Waals surface area contributed by atoms with Gasteiger partial charge in [0.15, 0.2) is 5.82 Å². The number of aliphatic imine (C=N–C) groups is 1. The minimum atomic E-state index is -0.550. The van der Waals surface area contributed by atoms with Crippen molar-refractivity contribution in [2.75, 3.05) is 7.11 Å². The van der Waals surface area contributed by atoms with Crippen molar-refractivity contribution in [2.24, 2.45) is 4.99 Å². The summed E-state index contributed by atoms with van der Waals surface area (Å²) in [5, 5.41) is 19.9. The highest BCUT2D eigenvalue weighted by molar-refractivity contribution is 7.15. The van der Waals surface area contributed by atoms with Crippen LogP contribution in [-0.4, -0.2) is 38.7 Å². The number of halogens is 1. The number of aryl methyl sites for hydroxylation is 1. The topological polar surface area (TPSA) is 89.6 Å². The third-order valence-electron chi connectivity index (χ3n) is 4.95. The summed E-state index contributed by atoms with van der Waals surface area (Å²) in [5.74, 6) is 0.887. The highest BCUT2D eigenvalue weighted by Crippen LogP contribution is 2.40. The molecule has 0 fully saturated rings. The van der Waals surface area contributed by atoms with Crippen LogP contribution in [0.3, 0.4) is 0 Å². The summed E-state index contributed by atoms with van der Waals surface area (Å²) < 4.78 is 6.80. The molecule has 29 heavy (non-hydrogen) atoms. The van der Waals surface area contributed by atoms with Crippen LogP contribution in [0.15, 0.2) is 29.3 Å². The number of carbonyl (C=O) groups excluding carboxylic acids is 1. The fraction of sp³-hybridized carbons (Fsp3) is 0.300. The van der Waals surface area contributed by atoms with Gasteiger partial charge in [0, 0.05) is 21.0 Å². The van der Waals surface area contributed by atoms with Crippen molar-refractivity contribution in [3.63, 3.8) is 0 Å². The maximum Gasteiger partial charge on any atom is 0.308 e. The van der Waals surface area contributed by atoms with Gasteiger partial charge in [0.1, 0.15) is 16.9 Å². The summed E-state index contributed by atoms with van der Waals surface area (Å²) in [6.07, 6.45) is 0.0482. The Labute approximate surface area is 176 Å². The van der Waals surface area contributed by atoms with Crippen LogP contribution in [0.25, 0.3) is 5.00 Å². The highest BCUT2D eigenvalue weighted by atomic mass is 35.5. The number of ether oxygens (including phenoxy) is 1. The van der Waals surface area contributed by atoms with Gasteiger partial charge in [-0.3, -0.25) is 14.4 Å². The largest absolute Gasteiger partial charge is 0.469 e. The van der Waals surface area contributed by atoms with Crippen LogP contribution < -0.4 is 0 Å². The molecule has 3 heterocycles. The second-order valence-corrected chi connectivity index (χ2v) is 8.23. The van der Waals surface area contributed by atoms with E-state index < -0.39 is 6.04 Å². The normalized spacial score (nSPS) is 15.3. The standard InChI is InChI=1S/C20H19ClN4O3S/c1-10-15(9-26)29-20-17(10)18(12-4-6-13(21)7-5-12)22-14(8-16(27)28-3)19-24-23-11(2)25(19)20/h4-7,14,26H,8-9H2,1-3H3. The third-order valence-corrected chi connectivity index (χ3v) is 6.46. The number of hydrogen-bond donors (Lipinski definition) is 1. The van der Waals surface area contributed by atoms with Crippen LogP contribution in [0.4, 0.5) is 0 Å². The number of aromatic nitrogens is 3. The molecular weight excluding hydrogens is 412 g/mol. The van der Waals surface area contributed by atoms with Crippen LogP contribution in [0.2, 0.25) is 5.02 Å². The number of methoxy groups -OCH3 is 1. The summed E-state index contributed by atoms with van der Waals surface area (Å²) in [4.78, 5) is 17.9. The van der Waals surface area contributed by atoms with E-state index in [1.54, 1.807) is 12.1 Å². The minimum Gasteiger partial charge on any atom is -0.469 e. The summed E-state index contributed by atoms with van der Waals surface area (Å²) in [7, 11) is 1.35. The van der Waals surface area contributed by atoms with Crippen molar-refractivity contribution in [2.45, 2.75) is 32.9 Å². The number of aliphatic hydroxyl groups excluding tert-OH is 1. The Morgan fingerprint density at radius 3 is 2.66 bits per heavy atom. The van der Waals surface area contributed by atoms with E-state index in [2.05, 4.69) is 10.2 Å². The van der Waals surface area contributed by atoms with Crippen LogP contribution in [0, 0.1) is 13.8 Å². The molecule has 0 spiro atoms. The van der Waals surface area contributed by atoms with Gasteiger partial charge < -0.3 is 9.84 Å². The molecule has 4 rings (SSSR count). The molecule has 0 aliphatic carbocycles. The van der Waals surface area contributed by atoms with Crippen molar-refractivity contribution < 1.29 is 14.6 Å². The Hall–Kier alpha value is -2.55. The lowest BCUT2D eigenvalue weighted by Crippen LogP contribution is -2.12. The predicted molar refractivity (Wildman–Crippen MR) is 111 cm³/mol. The van der Waals surface area contributed by atoms with Crippen molar-refractivity contribution in [1.82, 2.24) is 14.8 Å². The van der Waals surface area contributed by atoms with Gasteiger partial charge in [-0.25, -0.2) is 0 Å². The zero-order chi connectivity index (χ0) is 20.7. The molecule has 0 radical (unpaired) electrons. The molecule has 7 nitrogen and oxygen atoms in total. The van der Waals surface area contributed by atoms with Gasteiger partial charge in [-0.2, -0.15) is 0 Å². The highest BCUT2D eigenvalue weighted by Gasteiger charge is 2.32. The lowest BCUT2D eigenvalue weighted by Gasteiger charge is -2.11. The minimum absolute atomic E-state index is 0.0482. The predicted octanol–water partition coefficient (Wildman–Crippen LogP) is 3.55. The molecule has 1 aliphatic heterocycles. The van der Waals surface area contributed by atoms with E-state index >= 15 is 0 Å².